The molecule has 0 saturated heterocycles. The summed E-state index contributed by atoms with van der Waals surface area (Å²) in [5.41, 5.74) is 4.59. The van der Waals surface area contributed by atoms with Crippen LogP contribution in [-0.4, -0.2) is 23.0 Å². The molecule has 0 aliphatic rings. The number of benzene rings is 4. The number of carbonyl (C=O) groups is 2. The Hall–Kier alpha value is -4.15. The Bertz CT molecular complexity index is 1330. The van der Waals surface area contributed by atoms with Gasteiger partial charge < -0.3 is 9.84 Å². The highest BCUT2D eigenvalue weighted by Gasteiger charge is 2.19. The van der Waals surface area contributed by atoms with E-state index < -0.39 is 12.1 Å². The van der Waals surface area contributed by atoms with Gasteiger partial charge in [-0.3, -0.25) is 4.79 Å². The smallest absolute Gasteiger partial charge is 0.344 e. The van der Waals surface area contributed by atoms with Crippen molar-refractivity contribution in [1.29, 1.82) is 0 Å². The van der Waals surface area contributed by atoms with Crippen LogP contribution >= 0.6 is 11.6 Å². The third-order valence-electron chi connectivity index (χ3n) is 5.75. The van der Waals surface area contributed by atoms with Crippen LogP contribution < -0.4 is 4.74 Å². The first kappa shape index (κ1) is 25.0. The zero-order valence-electron chi connectivity index (χ0n) is 19.5. The lowest BCUT2D eigenvalue weighted by Gasteiger charge is -2.15. The number of carboxylic acid groups (broad SMARTS) is 1. The summed E-state index contributed by atoms with van der Waals surface area (Å²) >= 11 is 5.96. The zero-order chi connectivity index (χ0) is 25.3. The van der Waals surface area contributed by atoms with E-state index in [4.69, 9.17) is 16.3 Å². The van der Waals surface area contributed by atoms with Crippen LogP contribution in [0.5, 0.6) is 5.75 Å². The summed E-state index contributed by atoms with van der Waals surface area (Å²) in [7, 11) is 0. The van der Waals surface area contributed by atoms with E-state index in [0.29, 0.717) is 29.2 Å². The van der Waals surface area contributed by atoms with E-state index in [1.165, 1.54) is 6.08 Å². The SMILES string of the molecule is O=C(C=Cc1ccccc1)c1ccc(OC(CCc2ccc(-c3ccc(Cl)cc3)cc2)C(=O)O)cc1. The van der Waals surface area contributed by atoms with E-state index in [0.717, 1.165) is 22.3 Å². The monoisotopic (exact) mass is 496 g/mol. The van der Waals surface area contributed by atoms with Crippen LogP contribution in [0.15, 0.2) is 109 Å². The minimum absolute atomic E-state index is 0.137. The van der Waals surface area contributed by atoms with Gasteiger partial charge in [-0.25, -0.2) is 4.79 Å². The maximum absolute atomic E-state index is 12.4. The van der Waals surface area contributed by atoms with Crippen molar-refractivity contribution in [3.63, 3.8) is 0 Å². The maximum Gasteiger partial charge on any atom is 0.344 e. The molecule has 36 heavy (non-hydrogen) atoms. The molecule has 4 aromatic rings. The van der Waals surface area contributed by atoms with E-state index in [1.807, 2.05) is 78.9 Å². The van der Waals surface area contributed by atoms with Crippen molar-refractivity contribution in [2.45, 2.75) is 18.9 Å². The number of aliphatic carboxylic acids is 1. The van der Waals surface area contributed by atoms with Gasteiger partial charge in [0.15, 0.2) is 11.9 Å². The zero-order valence-corrected chi connectivity index (χ0v) is 20.3. The number of hydrogen-bond acceptors (Lipinski definition) is 3. The molecule has 0 saturated carbocycles. The standard InChI is InChI=1S/C31H25ClO4/c32-27-16-12-25(13-17-27)24-10-6-23(7-11-24)9-21-30(31(34)35)36-28-18-14-26(15-19-28)29(33)20-8-22-4-2-1-3-5-22/h1-8,10-20,30H,9,21H2,(H,34,35). The largest absolute Gasteiger partial charge is 0.479 e. The van der Waals surface area contributed by atoms with Gasteiger partial charge in [-0.1, -0.05) is 84.4 Å². The van der Waals surface area contributed by atoms with Gasteiger partial charge >= 0.3 is 5.97 Å². The summed E-state index contributed by atoms with van der Waals surface area (Å²) in [6.45, 7) is 0. The van der Waals surface area contributed by atoms with Crippen molar-refractivity contribution in [2.75, 3.05) is 0 Å². The number of ketones is 1. The molecule has 4 aromatic carbocycles. The number of aryl methyl sites for hydroxylation is 1. The van der Waals surface area contributed by atoms with Gasteiger partial charge in [-0.15, -0.1) is 0 Å². The van der Waals surface area contributed by atoms with Crippen LogP contribution in [0, 0.1) is 0 Å². The minimum atomic E-state index is -1.03. The van der Waals surface area contributed by atoms with Crippen molar-refractivity contribution in [3.8, 4) is 16.9 Å². The lowest BCUT2D eigenvalue weighted by atomic mass is 10.0. The van der Waals surface area contributed by atoms with Crippen LogP contribution in [0.3, 0.4) is 0 Å². The fraction of sp³-hybridized carbons (Fsp3) is 0.0968. The molecule has 0 bridgehead atoms. The van der Waals surface area contributed by atoms with Crippen molar-refractivity contribution < 1.29 is 19.4 Å². The molecular formula is C31H25ClO4. The Kier molecular flexibility index (Phi) is 8.32. The maximum atomic E-state index is 12.4. The third kappa shape index (κ3) is 6.94. The Morgan fingerprint density at radius 1 is 0.806 bits per heavy atom. The Morgan fingerprint density at radius 2 is 1.42 bits per heavy atom. The van der Waals surface area contributed by atoms with E-state index >= 15 is 0 Å². The number of carbonyl (C=O) groups excluding carboxylic acids is 1. The molecular weight excluding hydrogens is 472 g/mol. The topological polar surface area (TPSA) is 63.6 Å². The van der Waals surface area contributed by atoms with Gasteiger partial charge in [0.25, 0.3) is 0 Å². The molecule has 1 atom stereocenters. The average Bonchev–Trinajstić information content (AvgIpc) is 2.91. The molecule has 180 valence electrons. The normalized spacial score (nSPS) is 11.8. The lowest BCUT2D eigenvalue weighted by molar-refractivity contribution is -0.145. The highest BCUT2D eigenvalue weighted by Crippen LogP contribution is 2.23. The number of halogens is 1. The molecule has 0 heterocycles. The molecule has 0 spiro atoms. The van der Waals surface area contributed by atoms with Crippen molar-refractivity contribution >= 4 is 29.4 Å². The molecule has 4 nitrogen and oxygen atoms in total. The van der Waals surface area contributed by atoms with E-state index in [9.17, 15) is 14.7 Å². The van der Waals surface area contributed by atoms with E-state index in [-0.39, 0.29) is 5.78 Å². The molecule has 0 aliphatic carbocycles. The van der Waals surface area contributed by atoms with Gasteiger partial charge in [0, 0.05) is 10.6 Å². The highest BCUT2D eigenvalue weighted by molar-refractivity contribution is 6.30. The van der Waals surface area contributed by atoms with Crippen LogP contribution in [0.1, 0.15) is 27.9 Å². The van der Waals surface area contributed by atoms with Gasteiger partial charge in [0.1, 0.15) is 5.75 Å². The van der Waals surface area contributed by atoms with Crippen molar-refractivity contribution in [2.24, 2.45) is 0 Å². The summed E-state index contributed by atoms with van der Waals surface area (Å²) in [6.07, 6.45) is 3.15. The summed E-state index contributed by atoms with van der Waals surface area (Å²) in [5, 5.41) is 10.3. The van der Waals surface area contributed by atoms with Crippen LogP contribution in [0.4, 0.5) is 0 Å². The number of ether oxygens (including phenoxy) is 1. The van der Waals surface area contributed by atoms with Gasteiger partial charge in [0.2, 0.25) is 0 Å². The quantitative estimate of drug-likeness (QED) is 0.184. The summed E-state index contributed by atoms with van der Waals surface area (Å²) in [4.78, 5) is 24.2. The fourth-order valence-electron chi connectivity index (χ4n) is 3.73. The van der Waals surface area contributed by atoms with Crippen molar-refractivity contribution in [1.82, 2.24) is 0 Å². The Morgan fingerprint density at radius 3 is 2.03 bits per heavy atom. The second-order valence-corrected chi connectivity index (χ2v) is 8.76. The average molecular weight is 497 g/mol. The molecule has 1 unspecified atom stereocenters. The molecule has 5 heteroatoms. The summed E-state index contributed by atoms with van der Waals surface area (Å²) in [5.74, 6) is -0.759. The number of hydrogen-bond donors (Lipinski definition) is 1. The lowest BCUT2D eigenvalue weighted by Crippen LogP contribution is -2.27. The molecule has 4 rings (SSSR count). The van der Waals surface area contributed by atoms with Gasteiger partial charge in [-0.05, 0) is 77.6 Å². The van der Waals surface area contributed by atoms with E-state index in [1.54, 1.807) is 30.3 Å². The third-order valence-corrected chi connectivity index (χ3v) is 6.00. The Balaban J connectivity index is 1.33. The molecule has 1 N–H and O–H groups in total. The van der Waals surface area contributed by atoms with Gasteiger partial charge in [0.05, 0.1) is 0 Å². The molecule has 0 aliphatic heterocycles. The first-order valence-corrected chi connectivity index (χ1v) is 12.0. The first-order valence-electron chi connectivity index (χ1n) is 11.6. The Labute approximate surface area is 215 Å². The first-order chi connectivity index (χ1) is 17.5. The predicted octanol–water partition coefficient (Wildman–Crippen LogP) is 7.37. The molecule has 0 radical (unpaired) electrons. The van der Waals surface area contributed by atoms with E-state index in [2.05, 4.69) is 0 Å². The number of rotatable bonds is 10. The molecule has 0 amide bonds. The highest BCUT2D eigenvalue weighted by atomic mass is 35.5. The molecule has 0 fully saturated rings. The van der Waals surface area contributed by atoms with Crippen LogP contribution in [0.2, 0.25) is 5.02 Å². The van der Waals surface area contributed by atoms with Crippen LogP contribution in [-0.2, 0) is 11.2 Å². The van der Waals surface area contributed by atoms with Crippen LogP contribution in [0.25, 0.3) is 17.2 Å². The number of allylic oxidation sites excluding steroid dienone is 1. The predicted molar refractivity (Wildman–Crippen MR) is 144 cm³/mol. The second kappa shape index (κ2) is 12.0. The molecule has 0 aromatic heterocycles. The number of carboxylic acids is 1. The summed E-state index contributed by atoms with van der Waals surface area (Å²) in [6, 6.07) is 31.7. The second-order valence-electron chi connectivity index (χ2n) is 8.32. The fourth-order valence-corrected chi connectivity index (χ4v) is 3.86. The van der Waals surface area contributed by atoms with Crippen molar-refractivity contribution in [3.05, 3.63) is 131 Å². The minimum Gasteiger partial charge on any atom is -0.479 e. The summed E-state index contributed by atoms with van der Waals surface area (Å²) < 4.78 is 5.72. The van der Waals surface area contributed by atoms with Gasteiger partial charge in [-0.2, -0.15) is 0 Å².